The van der Waals surface area contributed by atoms with E-state index in [2.05, 4.69) is 18.7 Å². The third kappa shape index (κ3) is 2.14. The third-order valence-electron chi connectivity index (χ3n) is 4.29. The maximum Gasteiger partial charge on any atom is 0.122 e. The molecule has 3 heteroatoms. The first-order valence-electron chi connectivity index (χ1n) is 6.78. The van der Waals surface area contributed by atoms with Gasteiger partial charge in [-0.2, -0.15) is 0 Å². The van der Waals surface area contributed by atoms with E-state index < -0.39 is 0 Å². The van der Waals surface area contributed by atoms with Crippen LogP contribution >= 0.6 is 0 Å². The maximum absolute atomic E-state index is 6.50. The molecule has 0 bridgehead atoms. The Hall–Kier alpha value is -0.800. The Morgan fingerprint density at radius 1 is 1.35 bits per heavy atom. The number of rotatable bonds is 5. The van der Waals surface area contributed by atoms with E-state index in [-0.39, 0.29) is 11.6 Å². The van der Waals surface area contributed by atoms with Crippen molar-refractivity contribution < 1.29 is 4.42 Å². The van der Waals surface area contributed by atoms with E-state index in [0.717, 1.165) is 18.8 Å². The molecule has 17 heavy (non-hydrogen) atoms. The fourth-order valence-corrected chi connectivity index (χ4v) is 3.40. The van der Waals surface area contributed by atoms with E-state index in [4.69, 9.17) is 10.2 Å². The van der Waals surface area contributed by atoms with Gasteiger partial charge in [0.2, 0.25) is 0 Å². The molecule has 0 radical (unpaired) electrons. The normalized spacial score (nSPS) is 20.9. The second-order valence-corrected chi connectivity index (χ2v) is 4.98. The lowest BCUT2D eigenvalue weighted by atomic mass is 9.85. The van der Waals surface area contributed by atoms with Crippen LogP contribution in [0.4, 0.5) is 0 Å². The lowest BCUT2D eigenvalue weighted by Gasteiger charge is -2.44. The standard InChI is InChI=1S/C14H24N2O/c1-3-16(4-2)14(9-5-6-10-14)13(15)12-8-7-11-17-12/h7-8,11,13H,3-6,9-10,15H2,1-2H3. The largest absolute Gasteiger partial charge is 0.468 e. The van der Waals surface area contributed by atoms with Crippen LogP contribution in [0, 0.1) is 0 Å². The van der Waals surface area contributed by atoms with Gasteiger partial charge in [0.05, 0.1) is 12.3 Å². The molecule has 0 amide bonds. The van der Waals surface area contributed by atoms with Crippen LogP contribution < -0.4 is 5.73 Å². The van der Waals surface area contributed by atoms with Crippen molar-refractivity contribution >= 4 is 0 Å². The average Bonchev–Trinajstić information content (AvgIpc) is 3.02. The van der Waals surface area contributed by atoms with Crippen molar-refractivity contribution in [1.29, 1.82) is 0 Å². The summed E-state index contributed by atoms with van der Waals surface area (Å²) in [5.74, 6) is 0.929. The summed E-state index contributed by atoms with van der Waals surface area (Å²) in [5.41, 5.74) is 6.61. The zero-order chi connectivity index (χ0) is 12.3. The van der Waals surface area contributed by atoms with E-state index in [1.165, 1.54) is 25.7 Å². The summed E-state index contributed by atoms with van der Waals surface area (Å²) < 4.78 is 5.52. The SMILES string of the molecule is CCN(CC)C1(C(N)c2ccco2)CCCC1. The number of likely N-dealkylation sites (N-methyl/N-ethyl adjacent to an activating group) is 1. The molecule has 2 N–H and O–H groups in total. The minimum Gasteiger partial charge on any atom is -0.468 e. The average molecular weight is 236 g/mol. The molecule has 1 unspecified atom stereocenters. The molecule has 1 aliphatic rings. The minimum absolute atomic E-state index is 0.0000926. The smallest absolute Gasteiger partial charge is 0.122 e. The zero-order valence-electron chi connectivity index (χ0n) is 11.0. The summed E-state index contributed by atoms with van der Waals surface area (Å²) >= 11 is 0. The molecule has 0 saturated heterocycles. The Balaban J connectivity index is 2.27. The number of nitrogens with two attached hydrogens (primary N) is 1. The highest BCUT2D eigenvalue weighted by Gasteiger charge is 2.44. The highest BCUT2D eigenvalue weighted by Crippen LogP contribution is 2.43. The first-order valence-corrected chi connectivity index (χ1v) is 6.78. The van der Waals surface area contributed by atoms with Crippen molar-refractivity contribution in [3.05, 3.63) is 24.2 Å². The molecule has 1 aromatic heterocycles. The summed E-state index contributed by atoms with van der Waals surface area (Å²) in [6, 6.07) is 3.94. The van der Waals surface area contributed by atoms with E-state index in [1.807, 2.05) is 12.1 Å². The molecule has 1 atom stereocenters. The molecule has 1 aliphatic carbocycles. The van der Waals surface area contributed by atoms with Gasteiger partial charge in [0.15, 0.2) is 0 Å². The molecule has 1 aromatic rings. The van der Waals surface area contributed by atoms with Gasteiger partial charge < -0.3 is 10.2 Å². The number of hydrogen-bond acceptors (Lipinski definition) is 3. The van der Waals surface area contributed by atoms with Crippen LogP contribution in [0.25, 0.3) is 0 Å². The molecule has 0 spiro atoms. The molecule has 3 nitrogen and oxygen atoms in total. The fourth-order valence-electron chi connectivity index (χ4n) is 3.40. The Morgan fingerprint density at radius 3 is 2.47 bits per heavy atom. The Morgan fingerprint density at radius 2 is 2.00 bits per heavy atom. The highest BCUT2D eigenvalue weighted by molar-refractivity contribution is 5.14. The van der Waals surface area contributed by atoms with Crippen LogP contribution in [0.5, 0.6) is 0 Å². The molecule has 1 heterocycles. The van der Waals surface area contributed by atoms with E-state index in [9.17, 15) is 0 Å². The van der Waals surface area contributed by atoms with Crippen molar-refractivity contribution in [3.63, 3.8) is 0 Å². The van der Waals surface area contributed by atoms with Gasteiger partial charge in [-0.05, 0) is 38.1 Å². The van der Waals surface area contributed by atoms with Crippen LogP contribution in [0.3, 0.4) is 0 Å². The molecule has 96 valence electrons. The van der Waals surface area contributed by atoms with Crippen molar-refractivity contribution in [3.8, 4) is 0 Å². The number of hydrogen-bond donors (Lipinski definition) is 1. The van der Waals surface area contributed by atoms with Crippen LogP contribution in [0.1, 0.15) is 51.3 Å². The van der Waals surface area contributed by atoms with Crippen LogP contribution in [-0.2, 0) is 0 Å². The Kier molecular flexibility index (Phi) is 3.89. The fraction of sp³-hybridized carbons (Fsp3) is 0.714. The molecule has 0 aromatic carbocycles. The van der Waals surface area contributed by atoms with Gasteiger partial charge in [0.25, 0.3) is 0 Å². The molecule has 2 rings (SSSR count). The highest BCUT2D eigenvalue weighted by atomic mass is 16.3. The summed E-state index contributed by atoms with van der Waals surface area (Å²) in [5, 5.41) is 0. The van der Waals surface area contributed by atoms with Crippen molar-refractivity contribution in [2.45, 2.75) is 51.1 Å². The molecule has 1 saturated carbocycles. The lowest BCUT2D eigenvalue weighted by molar-refractivity contribution is 0.0695. The molecule has 0 aliphatic heterocycles. The molecular weight excluding hydrogens is 212 g/mol. The van der Waals surface area contributed by atoms with Gasteiger partial charge in [0, 0.05) is 5.54 Å². The van der Waals surface area contributed by atoms with Gasteiger partial charge in [-0.1, -0.05) is 26.7 Å². The molecule has 1 fully saturated rings. The van der Waals surface area contributed by atoms with Gasteiger partial charge in [-0.15, -0.1) is 0 Å². The Bertz CT molecular complexity index is 324. The first-order chi connectivity index (χ1) is 8.24. The van der Waals surface area contributed by atoms with Gasteiger partial charge in [-0.25, -0.2) is 0 Å². The topological polar surface area (TPSA) is 42.4 Å². The summed E-state index contributed by atoms with van der Waals surface area (Å²) in [4.78, 5) is 2.52. The van der Waals surface area contributed by atoms with E-state index >= 15 is 0 Å². The van der Waals surface area contributed by atoms with Crippen molar-refractivity contribution in [2.75, 3.05) is 13.1 Å². The second kappa shape index (κ2) is 5.23. The van der Waals surface area contributed by atoms with Crippen LogP contribution in [0.2, 0.25) is 0 Å². The number of nitrogens with zero attached hydrogens (tertiary/aromatic N) is 1. The van der Waals surface area contributed by atoms with Gasteiger partial charge in [0.1, 0.15) is 5.76 Å². The summed E-state index contributed by atoms with van der Waals surface area (Å²) in [6.45, 7) is 6.56. The predicted octanol–water partition coefficient (Wildman–Crippen LogP) is 2.93. The van der Waals surface area contributed by atoms with E-state index in [0.29, 0.717) is 0 Å². The summed E-state index contributed by atoms with van der Waals surface area (Å²) in [6.07, 6.45) is 6.67. The Labute approximate surface area is 104 Å². The van der Waals surface area contributed by atoms with Crippen LogP contribution in [0.15, 0.2) is 22.8 Å². The zero-order valence-corrected chi connectivity index (χ0v) is 11.0. The first kappa shape index (κ1) is 12.7. The second-order valence-electron chi connectivity index (χ2n) is 4.98. The van der Waals surface area contributed by atoms with Gasteiger partial charge in [-0.3, -0.25) is 4.90 Å². The van der Waals surface area contributed by atoms with Gasteiger partial charge >= 0.3 is 0 Å². The van der Waals surface area contributed by atoms with Crippen molar-refractivity contribution in [2.24, 2.45) is 5.73 Å². The minimum atomic E-state index is -0.0000926. The van der Waals surface area contributed by atoms with Crippen LogP contribution in [-0.4, -0.2) is 23.5 Å². The van der Waals surface area contributed by atoms with Crippen molar-refractivity contribution in [1.82, 2.24) is 4.90 Å². The van der Waals surface area contributed by atoms with E-state index in [1.54, 1.807) is 6.26 Å². The quantitative estimate of drug-likeness (QED) is 0.854. The molecular formula is C14H24N2O. The predicted molar refractivity (Wildman–Crippen MR) is 69.8 cm³/mol. The maximum atomic E-state index is 6.50. The summed E-state index contributed by atoms with van der Waals surface area (Å²) in [7, 11) is 0. The third-order valence-corrected chi connectivity index (χ3v) is 4.29. The monoisotopic (exact) mass is 236 g/mol. The lowest BCUT2D eigenvalue weighted by Crippen LogP contribution is -2.53. The number of furan rings is 1.